The number of hydrogen-bond acceptors (Lipinski definition) is 7. The van der Waals surface area contributed by atoms with Crippen molar-refractivity contribution in [2.75, 3.05) is 44.0 Å². The molecule has 0 saturated heterocycles. The number of nitrogens with zero attached hydrogens (tertiary/aromatic N) is 3. The fourth-order valence-corrected chi connectivity index (χ4v) is 3.92. The maximum absolute atomic E-state index is 5.95. The van der Waals surface area contributed by atoms with Gasteiger partial charge in [-0.05, 0) is 67.9 Å². The predicted molar refractivity (Wildman–Crippen MR) is 126 cm³/mol. The van der Waals surface area contributed by atoms with E-state index in [1.54, 1.807) is 0 Å². The summed E-state index contributed by atoms with van der Waals surface area (Å²) in [6, 6.07) is 12.1. The zero-order valence-electron chi connectivity index (χ0n) is 18.4. The molecule has 0 bridgehead atoms. The van der Waals surface area contributed by atoms with Crippen LogP contribution in [0.5, 0.6) is 11.5 Å². The van der Waals surface area contributed by atoms with Gasteiger partial charge in [0, 0.05) is 11.9 Å². The normalized spacial score (nSPS) is 12.6. The number of hydrogen-bond donors (Lipinski definition) is 2. The molecule has 1 aliphatic heterocycles. The first-order valence-corrected chi connectivity index (χ1v) is 11.1. The van der Waals surface area contributed by atoms with Crippen molar-refractivity contribution >= 4 is 22.7 Å². The molecule has 3 N–H and O–H groups in total. The molecule has 0 fully saturated rings. The van der Waals surface area contributed by atoms with E-state index in [2.05, 4.69) is 40.1 Å². The molecule has 0 saturated carbocycles. The number of nitrogens with one attached hydrogen (secondary N) is 1. The van der Waals surface area contributed by atoms with Crippen molar-refractivity contribution in [1.82, 2.24) is 14.9 Å². The minimum absolute atomic E-state index is 0.270. The molecular weight excluding hydrogens is 390 g/mol. The van der Waals surface area contributed by atoms with E-state index in [0.29, 0.717) is 0 Å². The molecule has 3 aromatic rings. The van der Waals surface area contributed by atoms with Gasteiger partial charge in [0.2, 0.25) is 12.7 Å². The van der Waals surface area contributed by atoms with E-state index in [4.69, 9.17) is 15.2 Å². The lowest BCUT2D eigenvalue weighted by molar-refractivity contribution is 0.174. The Balaban J connectivity index is 1.46. The number of rotatable bonds is 10. The van der Waals surface area contributed by atoms with Crippen LogP contribution >= 0.6 is 0 Å². The van der Waals surface area contributed by atoms with Gasteiger partial charge in [0.1, 0.15) is 5.82 Å². The van der Waals surface area contributed by atoms with Gasteiger partial charge in [-0.15, -0.1) is 0 Å². The molecule has 0 radical (unpaired) electrons. The molecule has 2 aromatic carbocycles. The predicted octanol–water partition coefficient (Wildman–Crippen LogP) is 4.53. The van der Waals surface area contributed by atoms with Crippen LogP contribution in [0.25, 0.3) is 22.0 Å². The van der Waals surface area contributed by atoms with Gasteiger partial charge in [0.05, 0.1) is 5.52 Å². The largest absolute Gasteiger partial charge is 0.454 e. The Kier molecular flexibility index (Phi) is 6.72. The van der Waals surface area contributed by atoms with Crippen molar-refractivity contribution in [3.8, 4) is 22.6 Å². The Bertz CT molecular complexity index is 1040. The molecule has 1 aromatic heterocycles. The van der Waals surface area contributed by atoms with Crippen LogP contribution in [-0.4, -0.2) is 47.8 Å². The van der Waals surface area contributed by atoms with Gasteiger partial charge in [-0.3, -0.25) is 0 Å². The molecule has 0 unspecified atom stereocenters. The number of anilines is 2. The topological polar surface area (TPSA) is 85.5 Å². The summed E-state index contributed by atoms with van der Waals surface area (Å²) in [6.07, 6.45) is 3.49. The second kappa shape index (κ2) is 9.83. The zero-order valence-corrected chi connectivity index (χ0v) is 18.4. The molecule has 0 spiro atoms. The van der Waals surface area contributed by atoms with Gasteiger partial charge >= 0.3 is 0 Å². The van der Waals surface area contributed by atoms with Gasteiger partial charge in [0.15, 0.2) is 11.5 Å². The monoisotopic (exact) mass is 421 g/mol. The summed E-state index contributed by atoms with van der Waals surface area (Å²) in [6.45, 7) is 8.96. The number of ether oxygens (including phenoxy) is 2. The van der Waals surface area contributed by atoms with Crippen LogP contribution in [0.3, 0.4) is 0 Å². The van der Waals surface area contributed by atoms with E-state index < -0.39 is 0 Å². The van der Waals surface area contributed by atoms with E-state index in [-0.39, 0.29) is 12.7 Å². The van der Waals surface area contributed by atoms with E-state index in [1.165, 1.54) is 12.8 Å². The van der Waals surface area contributed by atoms with Crippen molar-refractivity contribution in [2.45, 2.75) is 33.1 Å². The Labute approximate surface area is 183 Å². The first kappa shape index (κ1) is 21.2. The smallest absolute Gasteiger partial charge is 0.231 e. The second-order valence-corrected chi connectivity index (χ2v) is 7.74. The molecule has 4 rings (SSSR count). The number of benzene rings is 2. The molecule has 1 aliphatic rings. The van der Waals surface area contributed by atoms with Crippen molar-refractivity contribution < 1.29 is 9.47 Å². The summed E-state index contributed by atoms with van der Waals surface area (Å²) in [5, 5.41) is 4.44. The highest BCUT2D eigenvalue weighted by Crippen LogP contribution is 2.37. The number of fused-ring (bicyclic) bond motifs is 2. The fourth-order valence-electron chi connectivity index (χ4n) is 3.92. The van der Waals surface area contributed by atoms with Gasteiger partial charge in [0.25, 0.3) is 0 Å². The van der Waals surface area contributed by atoms with Crippen LogP contribution in [0, 0.1) is 0 Å². The van der Waals surface area contributed by atoms with Crippen LogP contribution in [-0.2, 0) is 0 Å². The van der Waals surface area contributed by atoms with Gasteiger partial charge in [-0.1, -0.05) is 32.4 Å². The van der Waals surface area contributed by atoms with Crippen molar-refractivity contribution in [3.05, 3.63) is 36.4 Å². The number of nitrogen functional groups attached to an aromatic ring is 1. The van der Waals surface area contributed by atoms with Gasteiger partial charge < -0.3 is 25.4 Å². The Morgan fingerprint density at radius 1 is 0.935 bits per heavy atom. The third kappa shape index (κ3) is 4.99. The SMILES string of the molecule is CCN(CC)CCCCCNc1nc(N)nc2ccc(-c3ccc4c(c3)OCO4)cc12. The number of aromatic nitrogens is 2. The molecule has 7 nitrogen and oxygen atoms in total. The lowest BCUT2D eigenvalue weighted by atomic mass is 10.0. The summed E-state index contributed by atoms with van der Waals surface area (Å²) in [5.74, 6) is 2.62. The second-order valence-electron chi connectivity index (χ2n) is 7.74. The third-order valence-corrected chi connectivity index (χ3v) is 5.76. The van der Waals surface area contributed by atoms with E-state index >= 15 is 0 Å². The Morgan fingerprint density at radius 3 is 2.55 bits per heavy atom. The summed E-state index contributed by atoms with van der Waals surface area (Å²) in [4.78, 5) is 11.3. The summed E-state index contributed by atoms with van der Waals surface area (Å²) >= 11 is 0. The molecule has 0 atom stereocenters. The zero-order chi connectivity index (χ0) is 21.6. The highest BCUT2D eigenvalue weighted by atomic mass is 16.7. The van der Waals surface area contributed by atoms with E-state index in [9.17, 15) is 0 Å². The van der Waals surface area contributed by atoms with Crippen LogP contribution in [0.1, 0.15) is 33.1 Å². The maximum atomic E-state index is 5.95. The highest BCUT2D eigenvalue weighted by Gasteiger charge is 2.15. The Morgan fingerprint density at radius 2 is 1.71 bits per heavy atom. The molecule has 0 aliphatic carbocycles. The van der Waals surface area contributed by atoms with Gasteiger partial charge in [-0.2, -0.15) is 4.98 Å². The lowest BCUT2D eigenvalue weighted by Crippen LogP contribution is -2.23. The lowest BCUT2D eigenvalue weighted by Gasteiger charge is -2.17. The average molecular weight is 422 g/mol. The van der Waals surface area contributed by atoms with Crippen molar-refractivity contribution in [1.29, 1.82) is 0 Å². The minimum atomic E-state index is 0.270. The standard InChI is InChI=1S/C24H31N5O2/c1-3-29(4-2)13-7-5-6-12-26-23-19-14-17(8-10-20(19)27-24(25)28-23)18-9-11-21-22(15-18)31-16-30-21/h8-11,14-15H,3-7,12-13,16H2,1-2H3,(H3,25,26,27,28). The summed E-state index contributed by atoms with van der Waals surface area (Å²) in [5.41, 5.74) is 8.92. The fraction of sp³-hybridized carbons (Fsp3) is 0.417. The average Bonchev–Trinajstić information content (AvgIpc) is 3.26. The van der Waals surface area contributed by atoms with Crippen molar-refractivity contribution in [2.24, 2.45) is 0 Å². The maximum Gasteiger partial charge on any atom is 0.231 e. The van der Waals surface area contributed by atoms with Crippen LogP contribution in [0.4, 0.5) is 11.8 Å². The molecule has 7 heteroatoms. The van der Waals surface area contributed by atoms with Crippen LogP contribution in [0.2, 0.25) is 0 Å². The van der Waals surface area contributed by atoms with E-state index in [0.717, 1.165) is 71.9 Å². The summed E-state index contributed by atoms with van der Waals surface area (Å²) < 4.78 is 10.9. The van der Waals surface area contributed by atoms with Crippen molar-refractivity contribution in [3.63, 3.8) is 0 Å². The minimum Gasteiger partial charge on any atom is -0.454 e. The molecular formula is C24H31N5O2. The van der Waals surface area contributed by atoms with Gasteiger partial charge in [-0.25, -0.2) is 4.98 Å². The number of nitrogens with two attached hydrogens (primary N) is 1. The molecule has 164 valence electrons. The Hall–Kier alpha value is -3.06. The quantitative estimate of drug-likeness (QED) is 0.465. The first-order chi connectivity index (χ1) is 15.2. The molecule has 2 heterocycles. The first-order valence-electron chi connectivity index (χ1n) is 11.1. The molecule has 0 amide bonds. The van der Waals surface area contributed by atoms with Crippen LogP contribution < -0.4 is 20.5 Å². The molecule has 31 heavy (non-hydrogen) atoms. The van der Waals surface area contributed by atoms with E-state index in [1.807, 2.05) is 30.3 Å². The van der Waals surface area contributed by atoms with Crippen LogP contribution in [0.15, 0.2) is 36.4 Å². The highest BCUT2D eigenvalue weighted by molar-refractivity contribution is 5.93. The third-order valence-electron chi connectivity index (χ3n) is 5.76. The summed E-state index contributed by atoms with van der Waals surface area (Å²) in [7, 11) is 0. The number of unbranched alkanes of at least 4 members (excludes halogenated alkanes) is 2.